The zero-order valence-corrected chi connectivity index (χ0v) is 19.6. The quantitative estimate of drug-likeness (QED) is 0.651. The molecule has 1 aliphatic carbocycles. The normalized spacial score (nSPS) is 20.9. The molecule has 1 fully saturated rings. The third-order valence-corrected chi connectivity index (χ3v) is 6.44. The van der Waals surface area contributed by atoms with Crippen LogP contribution in [0.15, 0.2) is 12.1 Å². The lowest BCUT2D eigenvalue weighted by atomic mass is 9.74. The minimum Gasteiger partial charge on any atom is -0.493 e. The molecule has 33 heavy (non-hydrogen) atoms. The number of hydrogen-bond acceptors (Lipinski definition) is 9. The standard InChI is InChI=1S/C24H28O9/c1-27-15-8-12-7-14-11-33-23(25)24(14,26)10-13-9-16(28-2)20(30-4)22(32-6)18(13)17(12)21(31-5)19(15)29-3/h8-9,14,26H,7,10-11H2,1-6H3/t14-,24-/m1/s1. The summed E-state index contributed by atoms with van der Waals surface area (Å²) >= 11 is 0. The Morgan fingerprint density at radius 1 is 0.788 bits per heavy atom. The largest absolute Gasteiger partial charge is 0.493 e. The number of methoxy groups -OCH3 is 6. The highest BCUT2D eigenvalue weighted by molar-refractivity contribution is 5.90. The second-order valence-corrected chi connectivity index (χ2v) is 7.96. The van der Waals surface area contributed by atoms with E-state index in [9.17, 15) is 9.90 Å². The molecule has 2 atom stereocenters. The molecule has 1 N–H and O–H groups in total. The molecule has 0 bridgehead atoms. The summed E-state index contributed by atoms with van der Waals surface area (Å²) in [6.07, 6.45) is 0.338. The van der Waals surface area contributed by atoms with Gasteiger partial charge in [0.2, 0.25) is 11.5 Å². The maximum absolute atomic E-state index is 12.7. The number of rotatable bonds is 6. The predicted molar refractivity (Wildman–Crippen MR) is 118 cm³/mol. The predicted octanol–water partition coefficient (Wildman–Crippen LogP) is 2.41. The molecule has 1 aliphatic heterocycles. The number of carbonyl (C=O) groups is 1. The van der Waals surface area contributed by atoms with Crippen molar-refractivity contribution in [3.63, 3.8) is 0 Å². The van der Waals surface area contributed by atoms with Crippen molar-refractivity contribution in [3.8, 4) is 45.6 Å². The van der Waals surface area contributed by atoms with Crippen LogP contribution in [0.2, 0.25) is 0 Å². The smallest absolute Gasteiger partial charge is 0.338 e. The van der Waals surface area contributed by atoms with Crippen LogP contribution in [0, 0.1) is 5.92 Å². The van der Waals surface area contributed by atoms with Crippen molar-refractivity contribution < 1.29 is 43.1 Å². The van der Waals surface area contributed by atoms with E-state index in [-0.39, 0.29) is 13.0 Å². The highest BCUT2D eigenvalue weighted by Gasteiger charge is 2.53. The Bertz CT molecular complexity index is 1090. The van der Waals surface area contributed by atoms with Gasteiger partial charge in [-0.25, -0.2) is 4.79 Å². The highest BCUT2D eigenvalue weighted by atomic mass is 16.6. The van der Waals surface area contributed by atoms with Crippen LogP contribution in [0.25, 0.3) is 11.1 Å². The molecule has 2 aliphatic rings. The first-order valence-corrected chi connectivity index (χ1v) is 10.4. The van der Waals surface area contributed by atoms with Crippen molar-refractivity contribution in [2.75, 3.05) is 49.3 Å². The van der Waals surface area contributed by atoms with Gasteiger partial charge in [-0.15, -0.1) is 0 Å². The van der Waals surface area contributed by atoms with Crippen LogP contribution in [0.3, 0.4) is 0 Å². The van der Waals surface area contributed by atoms with E-state index in [0.29, 0.717) is 57.6 Å². The van der Waals surface area contributed by atoms with Crippen molar-refractivity contribution in [1.29, 1.82) is 0 Å². The Hall–Kier alpha value is -3.33. The van der Waals surface area contributed by atoms with Gasteiger partial charge in [0.05, 0.1) is 49.3 Å². The number of cyclic esters (lactones) is 1. The molecule has 0 unspecified atom stereocenters. The Labute approximate surface area is 192 Å². The number of esters is 1. The maximum Gasteiger partial charge on any atom is 0.338 e. The van der Waals surface area contributed by atoms with Gasteiger partial charge in [-0.1, -0.05) is 0 Å². The molecular weight excluding hydrogens is 432 g/mol. The summed E-state index contributed by atoms with van der Waals surface area (Å²) in [4.78, 5) is 12.7. The molecule has 0 amide bonds. The zero-order valence-electron chi connectivity index (χ0n) is 19.6. The van der Waals surface area contributed by atoms with E-state index < -0.39 is 17.5 Å². The van der Waals surface area contributed by atoms with Crippen LogP contribution in [0.5, 0.6) is 34.5 Å². The van der Waals surface area contributed by atoms with Crippen LogP contribution in [0.1, 0.15) is 11.1 Å². The Morgan fingerprint density at radius 3 is 1.76 bits per heavy atom. The Morgan fingerprint density at radius 2 is 1.27 bits per heavy atom. The lowest BCUT2D eigenvalue weighted by molar-refractivity contribution is -0.154. The van der Waals surface area contributed by atoms with E-state index in [4.69, 9.17) is 33.2 Å². The molecule has 0 aromatic heterocycles. The summed E-state index contributed by atoms with van der Waals surface area (Å²) in [5.41, 5.74) is 0.983. The van der Waals surface area contributed by atoms with Crippen LogP contribution in [-0.2, 0) is 22.4 Å². The molecule has 4 rings (SSSR count). The van der Waals surface area contributed by atoms with Crippen LogP contribution >= 0.6 is 0 Å². The third kappa shape index (κ3) is 3.30. The molecule has 9 heteroatoms. The topological polar surface area (TPSA) is 102 Å². The molecule has 178 valence electrons. The molecule has 0 spiro atoms. The van der Waals surface area contributed by atoms with Crippen molar-refractivity contribution >= 4 is 5.97 Å². The van der Waals surface area contributed by atoms with E-state index in [1.165, 1.54) is 35.5 Å². The monoisotopic (exact) mass is 460 g/mol. The minimum absolute atomic E-state index is 0.000509. The molecule has 1 heterocycles. The Balaban J connectivity index is 2.17. The molecule has 2 aromatic carbocycles. The number of ether oxygens (including phenoxy) is 7. The second kappa shape index (κ2) is 8.55. The third-order valence-electron chi connectivity index (χ3n) is 6.44. The van der Waals surface area contributed by atoms with E-state index in [2.05, 4.69) is 0 Å². The van der Waals surface area contributed by atoms with Gasteiger partial charge in [0.25, 0.3) is 0 Å². The fourth-order valence-corrected chi connectivity index (χ4v) is 4.87. The van der Waals surface area contributed by atoms with Crippen LogP contribution in [-0.4, -0.2) is 65.9 Å². The van der Waals surface area contributed by atoms with Crippen molar-refractivity contribution in [1.82, 2.24) is 0 Å². The van der Waals surface area contributed by atoms with Gasteiger partial charge < -0.3 is 38.3 Å². The number of fused-ring (bicyclic) bond motifs is 4. The van der Waals surface area contributed by atoms with Gasteiger partial charge in [-0.3, -0.25) is 0 Å². The van der Waals surface area contributed by atoms with Gasteiger partial charge >= 0.3 is 5.97 Å². The average Bonchev–Trinajstić information content (AvgIpc) is 3.08. The SMILES string of the molecule is COc1cc2c(c(OC)c1OC)-c1c(cc(OC)c(OC)c1OC)C[C@]1(O)C(=O)OC[C@H]1C2. The number of aliphatic hydroxyl groups is 1. The first-order chi connectivity index (χ1) is 15.9. The zero-order chi connectivity index (χ0) is 23.9. The molecule has 2 aromatic rings. The first-order valence-electron chi connectivity index (χ1n) is 10.4. The van der Waals surface area contributed by atoms with Crippen molar-refractivity contribution in [2.24, 2.45) is 5.92 Å². The van der Waals surface area contributed by atoms with E-state index in [0.717, 1.165) is 5.56 Å². The molecule has 9 nitrogen and oxygen atoms in total. The number of hydrogen-bond donors (Lipinski definition) is 1. The van der Waals surface area contributed by atoms with Gasteiger partial charge in [0.15, 0.2) is 28.6 Å². The fourth-order valence-electron chi connectivity index (χ4n) is 4.87. The summed E-state index contributed by atoms with van der Waals surface area (Å²) in [6.45, 7) is 0.102. The van der Waals surface area contributed by atoms with E-state index in [1.807, 2.05) is 6.07 Å². The van der Waals surface area contributed by atoms with Gasteiger partial charge in [0, 0.05) is 23.5 Å². The molecular formula is C24H28O9. The minimum atomic E-state index is -1.71. The molecule has 0 radical (unpaired) electrons. The van der Waals surface area contributed by atoms with E-state index >= 15 is 0 Å². The number of carbonyl (C=O) groups excluding carboxylic acids is 1. The summed E-state index contributed by atoms with van der Waals surface area (Å²) in [5.74, 6) is 1.35. The Kier molecular flexibility index (Phi) is 5.92. The summed E-state index contributed by atoms with van der Waals surface area (Å²) in [7, 11) is 9.15. The average molecular weight is 460 g/mol. The van der Waals surface area contributed by atoms with Gasteiger partial charge in [-0.05, 0) is 29.7 Å². The lowest BCUT2D eigenvalue weighted by Crippen LogP contribution is -2.44. The summed E-state index contributed by atoms with van der Waals surface area (Å²) < 4.78 is 39.3. The fraction of sp³-hybridized carbons (Fsp3) is 0.458. The maximum atomic E-state index is 12.7. The molecule has 0 saturated carbocycles. The highest BCUT2D eigenvalue weighted by Crippen LogP contribution is 2.56. The van der Waals surface area contributed by atoms with E-state index in [1.54, 1.807) is 13.2 Å². The van der Waals surface area contributed by atoms with Gasteiger partial charge in [0.1, 0.15) is 0 Å². The molecule has 1 saturated heterocycles. The van der Waals surface area contributed by atoms with Crippen LogP contribution < -0.4 is 28.4 Å². The number of benzene rings is 2. The van der Waals surface area contributed by atoms with Crippen molar-refractivity contribution in [3.05, 3.63) is 23.3 Å². The summed E-state index contributed by atoms with van der Waals surface area (Å²) in [6, 6.07) is 3.56. The first kappa shape index (κ1) is 22.8. The lowest BCUT2D eigenvalue weighted by Gasteiger charge is -2.32. The van der Waals surface area contributed by atoms with Crippen molar-refractivity contribution in [2.45, 2.75) is 18.4 Å². The van der Waals surface area contributed by atoms with Crippen LogP contribution in [0.4, 0.5) is 0 Å². The second-order valence-electron chi connectivity index (χ2n) is 7.96. The van der Waals surface area contributed by atoms with Gasteiger partial charge in [-0.2, -0.15) is 0 Å². The summed E-state index contributed by atoms with van der Waals surface area (Å²) in [5, 5.41) is 11.5.